The molecule has 1 aliphatic rings. The first kappa shape index (κ1) is 21.9. The number of carbonyl (C=O) groups is 2. The van der Waals surface area contributed by atoms with Gasteiger partial charge in [0.1, 0.15) is 17.3 Å². The zero-order valence-corrected chi connectivity index (χ0v) is 18.2. The quantitative estimate of drug-likeness (QED) is 0.287. The van der Waals surface area contributed by atoms with E-state index in [9.17, 15) is 9.59 Å². The van der Waals surface area contributed by atoms with Gasteiger partial charge >= 0.3 is 5.97 Å². The average molecular weight is 451 g/mol. The molecule has 0 amide bonds. The van der Waals surface area contributed by atoms with Crippen molar-refractivity contribution in [1.82, 2.24) is 5.16 Å². The first-order chi connectivity index (χ1) is 16.0. The molecule has 0 aliphatic carbocycles. The van der Waals surface area contributed by atoms with Crippen LogP contribution in [0.5, 0.6) is 28.9 Å². The maximum Gasteiger partial charge on any atom is 0.311 e. The van der Waals surface area contributed by atoms with Crippen LogP contribution in [-0.4, -0.2) is 38.2 Å². The van der Waals surface area contributed by atoms with Gasteiger partial charge in [0.2, 0.25) is 5.78 Å². The second-order valence-electron chi connectivity index (χ2n) is 7.02. The molecule has 0 atom stereocenters. The highest BCUT2D eigenvalue weighted by Gasteiger charge is 2.28. The number of esters is 1. The molecule has 3 aromatic rings. The minimum atomic E-state index is -0.462. The third kappa shape index (κ3) is 4.82. The van der Waals surface area contributed by atoms with Crippen LogP contribution in [0.4, 0.5) is 0 Å². The number of fused-ring (bicyclic) bond motifs is 1. The number of methoxy groups -OCH3 is 3. The zero-order chi connectivity index (χ0) is 23.4. The summed E-state index contributed by atoms with van der Waals surface area (Å²) in [6.45, 7) is 0. The first-order valence-corrected chi connectivity index (χ1v) is 10.0. The summed E-state index contributed by atoms with van der Waals surface area (Å²) < 4.78 is 31.6. The molecule has 0 fully saturated rings. The van der Waals surface area contributed by atoms with Gasteiger partial charge in [-0.3, -0.25) is 9.59 Å². The van der Waals surface area contributed by atoms with Gasteiger partial charge in [0, 0.05) is 18.6 Å². The fraction of sp³-hybridized carbons (Fsp3) is 0.208. The number of hydrogen-bond acceptors (Lipinski definition) is 9. The van der Waals surface area contributed by atoms with Gasteiger partial charge in [-0.05, 0) is 41.1 Å². The molecule has 4 rings (SSSR count). The molecule has 9 heteroatoms. The van der Waals surface area contributed by atoms with Crippen LogP contribution >= 0.6 is 0 Å². The smallest absolute Gasteiger partial charge is 0.311 e. The normalized spacial score (nSPS) is 13.4. The summed E-state index contributed by atoms with van der Waals surface area (Å²) >= 11 is 0. The largest absolute Gasteiger partial charge is 0.493 e. The van der Waals surface area contributed by atoms with Crippen LogP contribution in [0.2, 0.25) is 0 Å². The summed E-state index contributed by atoms with van der Waals surface area (Å²) in [5, 5.41) is 3.68. The monoisotopic (exact) mass is 451 g/mol. The van der Waals surface area contributed by atoms with E-state index in [1.807, 2.05) is 0 Å². The fourth-order valence-electron chi connectivity index (χ4n) is 3.24. The van der Waals surface area contributed by atoms with E-state index in [1.54, 1.807) is 49.6 Å². The topological polar surface area (TPSA) is 106 Å². The SMILES string of the molecule is COc1cc(CCC(=O)Oc2ccc3c(c2)O/C(=C\c2ccc(OC)c(OC)c2)C3=O)on1. The highest BCUT2D eigenvalue weighted by atomic mass is 16.5. The predicted octanol–water partition coefficient (Wildman–Crippen LogP) is 3.85. The number of benzene rings is 2. The third-order valence-electron chi connectivity index (χ3n) is 4.90. The van der Waals surface area contributed by atoms with Crippen molar-refractivity contribution in [3.05, 3.63) is 65.1 Å². The molecule has 1 aliphatic heterocycles. The number of ether oxygens (including phenoxy) is 5. The summed E-state index contributed by atoms with van der Waals surface area (Å²) in [6, 6.07) is 11.5. The zero-order valence-electron chi connectivity index (χ0n) is 18.2. The number of Topliss-reactive ketones (excluding diaryl/α,β-unsaturated/α-hetero) is 1. The molecular weight excluding hydrogens is 430 g/mol. The lowest BCUT2D eigenvalue weighted by atomic mass is 10.1. The Kier molecular flexibility index (Phi) is 6.30. The molecule has 0 bridgehead atoms. The Hall–Kier alpha value is -4.27. The van der Waals surface area contributed by atoms with Crippen LogP contribution in [0.1, 0.15) is 28.1 Å². The number of rotatable bonds is 8. The van der Waals surface area contributed by atoms with E-state index in [-0.39, 0.29) is 23.7 Å². The number of aromatic nitrogens is 1. The summed E-state index contributed by atoms with van der Waals surface area (Å²) in [5.41, 5.74) is 1.09. The van der Waals surface area contributed by atoms with Gasteiger partial charge in [-0.15, -0.1) is 0 Å². The standard InChI is InChI=1S/C24H21NO8/c1-28-18-8-4-14(10-20(18)29-2)11-21-24(27)17-7-5-15(12-19(17)32-21)31-23(26)9-6-16-13-22(30-3)25-33-16/h4-5,7-8,10-13H,6,9H2,1-3H3/b21-11-. The van der Waals surface area contributed by atoms with E-state index in [1.165, 1.54) is 20.3 Å². The Morgan fingerprint density at radius 1 is 1.00 bits per heavy atom. The van der Waals surface area contributed by atoms with Crippen molar-refractivity contribution in [3.8, 4) is 28.9 Å². The van der Waals surface area contributed by atoms with E-state index in [0.29, 0.717) is 46.4 Å². The summed E-state index contributed by atoms with van der Waals surface area (Å²) in [7, 11) is 4.56. The molecule has 0 saturated carbocycles. The van der Waals surface area contributed by atoms with E-state index in [2.05, 4.69) is 5.16 Å². The molecule has 0 N–H and O–H groups in total. The number of hydrogen-bond donors (Lipinski definition) is 0. The van der Waals surface area contributed by atoms with E-state index < -0.39 is 5.97 Å². The summed E-state index contributed by atoms with van der Waals surface area (Å²) in [4.78, 5) is 24.9. The Labute approximate surface area is 189 Å². The average Bonchev–Trinajstić information content (AvgIpc) is 3.41. The summed E-state index contributed by atoms with van der Waals surface area (Å²) in [5.74, 6) is 1.98. The van der Waals surface area contributed by atoms with Gasteiger partial charge in [-0.2, -0.15) is 0 Å². The minimum absolute atomic E-state index is 0.0830. The number of aryl methyl sites for hydroxylation is 1. The van der Waals surface area contributed by atoms with Gasteiger partial charge in [0.15, 0.2) is 17.3 Å². The second-order valence-corrected chi connectivity index (χ2v) is 7.02. The Bertz CT molecular complexity index is 1230. The molecule has 9 nitrogen and oxygen atoms in total. The van der Waals surface area contributed by atoms with Gasteiger partial charge in [0.25, 0.3) is 5.88 Å². The van der Waals surface area contributed by atoms with Crippen LogP contribution < -0.4 is 23.7 Å². The summed E-state index contributed by atoms with van der Waals surface area (Å²) in [6.07, 6.45) is 2.01. The minimum Gasteiger partial charge on any atom is -0.493 e. The number of carbonyl (C=O) groups excluding carboxylic acids is 2. The maximum absolute atomic E-state index is 12.7. The Morgan fingerprint density at radius 3 is 2.55 bits per heavy atom. The molecule has 33 heavy (non-hydrogen) atoms. The molecule has 0 saturated heterocycles. The maximum atomic E-state index is 12.7. The lowest BCUT2D eigenvalue weighted by Crippen LogP contribution is -2.08. The molecule has 2 aromatic carbocycles. The lowest BCUT2D eigenvalue weighted by molar-refractivity contribution is -0.134. The molecule has 170 valence electrons. The van der Waals surface area contributed by atoms with E-state index in [0.717, 1.165) is 0 Å². The second kappa shape index (κ2) is 9.47. The number of allylic oxidation sites excluding steroid dienone is 1. The van der Waals surface area contributed by atoms with Crippen LogP contribution in [0.15, 0.2) is 52.7 Å². The van der Waals surface area contributed by atoms with Gasteiger partial charge in [-0.25, -0.2) is 0 Å². The predicted molar refractivity (Wildman–Crippen MR) is 116 cm³/mol. The van der Waals surface area contributed by atoms with Crippen molar-refractivity contribution in [2.45, 2.75) is 12.8 Å². The fourth-order valence-corrected chi connectivity index (χ4v) is 3.24. The van der Waals surface area contributed by atoms with Crippen molar-refractivity contribution >= 4 is 17.8 Å². The van der Waals surface area contributed by atoms with Crippen LogP contribution in [0.25, 0.3) is 6.08 Å². The Morgan fingerprint density at radius 2 is 1.82 bits per heavy atom. The molecule has 0 unspecified atom stereocenters. The number of ketones is 1. The molecule has 2 heterocycles. The molecule has 0 radical (unpaired) electrons. The number of nitrogens with zero attached hydrogens (tertiary/aromatic N) is 1. The first-order valence-electron chi connectivity index (χ1n) is 10.0. The van der Waals surface area contributed by atoms with Crippen molar-refractivity contribution in [2.24, 2.45) is 0 Å². The highest BCUT2D eigenvalue weighted by Crippen LogP contribution is 2.36. The third-order valence-corrected chi connectivity index (χ3v) is 4.90. The van der Waals surface area contributed by atoms with Crippen LogP contribution in [0, 0.1) is 0 Å². The van der Waals surface area contributed by atoms with E-state index in [4.69, 9.17) is 28.2 Å². The molecular formula is C24H21NO8. The van der Waals surface area contributed by atoms with Gasteiger partial charge in [-0.1, -0.05) is 6.07 Å². The van der Waals surface area contributed by atoms with Crippen LogP contribution in [0.3, 0.4) is 0 Å². The van der Waals surface area contributed by atoms with Crippen molar-refractivity contribution in [3.63, 3.8) is 0 Å². The Balaban J connectivity index is 1.43. The van der Waals surface area contributed by atoms with Crippen LogP contribution in [-0.2, 0) is 11.2 Å². The van der Waals surface area contributed by atoms with Crippen molar-refractivity contribution < 1.29 is 37.8 Å². The van der Waals surface area contributed by atoms with Crippen molar-refractivity contribution in [2.75, 3.05) is 21.3 Å². The van der Waals surface area contributed by atoms with Gasteiger partial charge < -0.3 is 28.2 Å². The highest BCUT2D eigenvalue weighted by molar-refractivity contribution is 6.14. The van der Waals surface area contributed by atoms with E-state index >= 15 is 0 Å². The molecule has 1 aromatic heterocycles. The molecule has 0 spiro atoms. The van der Waals surface area contributed by atoms with Crippen molar-refractivity contribution in [1.29, 1.82) is 0 Å². The lowest BCUT2D eigenvalue weighted by Gasteiger charge is -2.08. The van der Waals surface area contributed by atoms with Gasteiger partial charge in [0.05, 0.1) is 33.3 Å².